The van der Waals surface area contributed by atoms with Crippen molar-refractivity contribution in [2.24, 2.45) is 5.92 Å². The summed E-state index contributed by atoms with van der Waals surface area (Å²) in [6.45, 7) is 3.85. The largest absolute Gasteiger partial charge is 0.365 e. The van der Waals surface area contributed by atoms with E-state index in [1.165, 1.54) is 6.07 Å². The third-order valence-electron chi connectivity index (χ3n) is 3.69. The third-order valence-corrected chi connectivity index (χ3v) is 4.55. The molecule has 5 nitrogen and oxygen atoms in total. The summed E-state index contributed by atoms with van der Waals surface area (Å²) in [6.07, 6.45) is 0.278. The summed E-state index contributed by atoms with van der Waals surface area (Å²) in [5.41, 5.74) is -0.246. The minimum absolute atomic E-state index is 0.0261. The van der Waals surface area contributed by atoms with Gasteiger partial charge in [0.2, 0.25) is 5.13 Å². The van der Waals surface area contributed by atoms with Gasteiger partial charge in [0.25, 0.3) is 5.91 Å². The van der Waals surface area contributed by atoms with Crippen LogP contribution in [0.15, 0.2) is 18.2 Å². The highest BCUT2D eigenvalue weighted by Gasteiger charge is 2.35. The maximum absolute atomic E-state index is 13.7. The van der Waals surface area contributed by atoms with E-state index in [0.29, 0.717) is 0 Å². The first kappa shape index (κ1) is 15.9. The summed E-state index contributed by atoms with van der Waals surface area (Å²) >= 11 is 0.914. The van der Waals surface area contributed by atoms with Crippen LogP contribution < -0.4 is 5.32 Å². The monoisotopic (exact) mass is 339 g/mol. The summed E-state index contributed by atoms with van der Waals surface area (Å²) in [5.74, 6) is -1.67. The number of anilines is 1. The lowest BCUT2D eigenvalue weighted by Gasteiger charge is -2.13. The molecule has 2 heterocycles. The fraction of sp³-hybridized carbons (Fsp3) is 0.400. The molecule has 122 valence electrons. The molecule has 1 aromatic carbocycles. The van der Waals surface area contributed by atoms with Crippen LogP contribution in [-0.4, -0.2) is 28.3 Å². The molecule has 1 N–H and O–H groups in total. The Balaban J connectivity index is 1.76. The second-order valence-electron chi connectivity index (χ2n) is 5.58. The molecule has 1 aliphatic heterocycles. The Kier molecular flexibility index (Phi) is 4.36. The van der Waals surface area contributed by atoms with Crippen molar-refractivity contribution in [3.63, 3.8) is 0 Å². The molecular weight excluding hydrogens is 324 g/mol. The van der Waals surface area contributed by atoms with Crippen molar-refractivity contribution in [2.45, 2.75) is 32.5 Å². The summed E-state index contributed by atoms with van der Waals surface area (Å²) in [4.78, 5) is 12.2. The van der Waals surface area contributed by atoms with Crippen LogP contribution in [0.1, 0.15) is 20.3 Å². The standard InChI is InChI=1S/C15H15F2N3O2S/c1-7-6-8(2)22-12(7)13(21)18-15-20-19-14(23-15)11-9(16)4-3-5-10(11)17/h3-5,7-8,12H,6H2,1-2H3,(H,18,20,21). The molecule has 3 rings (SSSR count). The van der Waals surface area contributed by atoms with Crippen molar-refractivity contribution in [3.05, 3.63) is 29.8 Å². The number of rotatable bonds is 3. The van der Waals surface area contributed by atoms with Crippen molar-refractivity contribution in [1.82, 2.24) is 10.2 Å². The highest BCUT2D eigenvalue weighted by molar-refractivity contribution is 7.18. The van der Waals surface area contributed by atoms with Gasteiger partial charge in [0.1, 0.15) is 17.7 Å². The topological polar surface area (TPSA) is 64.1 Å². The fourth-order valence-corrected chi connectivity index (χ4v) is 3.46. The average Bonchev–Trinajstić information content (AvgIpc) is 3.05. The number of hydrogen-bond donors (Lipinski definition) is 1. The number of carbonyl (C=O) groups excluding carboxylic acids is 1. The number of amides is 1. The van der Waals surface area contributed by atoms with Crippen molar-refractivity contribution < 1.29 is 18.3 Å². The summed E-state index contributed by atoms with van der Waals surface area (Å²) in [5, 5.41) is 10.4. The van der Waals surface area contributed by atoms with Gasteiger partial charge in [-0.1, -0.05) is 24.3 Å². The number of aromatic nitrogens is 2. The van der Waals surface area contributed by atoms with Crippen molar-refractivity contribution >= 4 is 22.4 Å². The first-order chi connectivity index (χ1) is 11.0. The van der Waals surface area contributed by atoms with Gasteiger partial charge in [-0.15, -0.1) is 10.2 Å². The maximum Gasteiger partial charge on any atom is 0.255 e. The lowest BCUT2D eigenvalue weighted by Crippen LogP contribution is -2.31. The van der Waals surface area contributed by atoms with Crippen molar-refractivity contribution in [3.8, 4) is 10.6 Å². The van der Waals surface area contributed by atoms with Gasteiger partial charge in [0, 0.05) is 0 Å². The molecule has 8 heteroatoms. The molecule has 1 aliphatic rings. The molecule has 23 heavy (non-hydrogen) atoms. The zero-order valence-corrected chi connectivity index (χ0v) is 13.4. The number of nitrogens with one attached hydrogen (secondary N) is 1. The first-order valence-corrected chi connectivity index (χ1v) is 8.01. The quantitative estimate of drug-likeness (QED) is 0.932. The minimum atomic E-state index is -0.722. The predicted octanol–water partition coefficient (Wildman–Crippen LogP) is 3.24. The van der Waals surface area contributed by atoms with Gasteiger partial charge in [-0.05, 0) is 31.4 Å². The molecule has 0 aliphatic carbocycles. The molecule has 1 saturated heterocycles. The van der Waals surface area contributed by atoms with E-state index in [1.54, 1.807) is 0 Å². The summed E-state index contributed by atoms with van der Waals surface area (Å²) < 4.78 is 33.0. The molecule has 3 unspecified atom stereocenters. The number of halogens is 2. The summed E-state index contributed by atoms with van der Waals surface area (Å²) in [7, 11) is 0. The number of nitrogens with zero attached hydrogens (tertiary/aromatic N) is 2. The Morgan fingerprint density at radius 3 is 2.61 bits per heavy atom. The van der Waals surface area contributed by atoms with Crippen LogP contribution in [0.5, 0.6) is 0 Å². The van der Waals surface area contributed by atoms with Gasteiger partial charge < -0.3 is 4.74 Å². The smallest absolute Gasteiger partial charge is 0.255 e. The molecule has 1 amide bonds. The van der Waals surface area contributed by atoms with E-state index in [4.69, 9.17) is 4.74 Å². The second kappa shape index (κ2) is 6.29. The third kappa shape index (κ3) is 3.23. The van der Waals surface area contributed by atoms with E-state index < -0.39 is 17.7 Å². The van der Waals surface area contributed by atoms with Crippen LogP contribution in [0.4, 0.5) is 13.9 Å². The van der Waals surface area contributed by atoms with E-state index in [2.05, 4.69) is 15.5 Å². The van der Waals surface area contributed by atoms with E-state index in [-0.39, 0.29) is 33.6 Å². The van der Waals surface area contributed by atoms with Crippen LogP contribution in [0.3, 0.4) is 0 Å². The Bertz CT molecular complexity index is 717. The van der Waals surface area contributed by atoms with E-state index in [1.807, 2.05) is 13.8 Å². The Morgan fingerprint density at radius 2 is 2.00 bits per heavy atom. The molecule has 0 radical (unpaired) electrons. The van der Waals surface area contributed by atoms with Crippen LogP contribution in [-0.2, 0) is 9.53 Å². The molecule has 0 bridgehead atoms. The lowest BCUT2D eigenvalue weighted by molar-refractivity contribution is -0.127. The molecule has 0 spiro atoms. The molecule has 1 aromatic heterocycles. The zero-order chi connectivity index (χ0) is 16.6. The molecule has 2 aromatic rings. The molecule has 1 fully saturated rings. The number of hydrogen-bond acceptors (Lipinski definition) is 5. The number of ether oxygens (including phenoxy) is 1. The van der Waals surface area contributed by atoms with Crippen LogP contribution in [0.2, 0.25) is 0 Å². The summed E-state index contributed by atoms with van der Waals surface area (Å²) in [6, 6.07) is 3.57. The lowest BCUT2D eigenvalue weighted by atomic mass is 10.0. The highest BCUT2D eigenvalue weighted by atomic mass is 32.1. The fourth-order valence-electron chi connectivity index (χ4n) is 2.66. The Labute approximate surface area is 135 Å². The van der Waals surface area contributed by atoms with E-state index in [9.17, 15) is 13.6 Å². The average molecular weight is 339 g/mol. The van der Waals surface area contributed by atoms with Gasteiger partial charge in [-0.25, -0.2) is 8.78 Å². The SMILES string of the molecule is CC1CC(C)C(C(=O)Nc2nnc(-c3c(F)cccc3F)s2)O1. The first-order valence-electron chi connectivity index (χ1n) is 7.20. The van der Waals surface area contributed by atoms with E-state index >= 15 is 0 Å². The molecular formula is C15H15F2N3O2S. The van der Waals surface area contributed by atoms with Crippen molar-refractivity contribution in [1.29, 1.82) is 0 Å². The van der Waals surface area contributed by atoms with Crippen LogP contribution in [0.25, 0.3) is 10.6 Å². The predicted molar refractivity (Wildman–Crippen MR) is 82.0 cm³/mol. The number of carbonyl (C=O) groups is 1. The van der Waals surface area contributed by atoms with Crippen LogP contribution in [0, 0.1) is 17.6 Å². The maximum atomic E-state index is 13.7. The van der Waals surface area contributed by atoms with Gasteiger partial charge in [-0.2, -0.15) is 0 Å². The normalized spacial score (nSPS) is 23.9. The van der Waals surface area contributed by atoms with E-state index in [0.717, 1.165) is 29.9 Å². The van der Waals surface area contributed by atoms with Gasteiger partial charge in [0.15, 0.2) is 5.01 Å². The zero-order valence-electron chi connectivity index (χ0n) is 12.5. The molecule has 3 atom stereocenters. The highest BCUT2D eigenvalue weighted by Crippen LogP contribution is 2.31. The second-order valence-corrected chi connectivity index (χ2v) is 6.56. The van der Waals surface area contributed by atoms with Crippen molar-refractivity contribution in [2.75, 3.05) is 5.32 Å². The van der Waals surface area contributed by atoms with Gasteiger partial charge in [0.05, 0.1) is 11.7 Å². The van der Waals surface area contributed by atoms with Gasteiger partial charge in [-0.3, -0.25) is 10.1 Å². The minimum Gasteiger partial charge on any atom is -0.365 e. The van der Waals surface area contributed by atoms with Gasteiger partial charge >= 0.3 is 0 Å². The molecule has 0 saturated carbocycles. The Hall–Kier alpha value is -1.93. The number of benzene rings is 1. The van der Waals surface area contributed by atoms with Crippen LogP contribution >= 0.6 is 11.3 Å². The Morgan fingerprint density at radius 1 is 1.30 bits per heavy atom.